The Morgan fingerprint density at radius 2 is 2.16 bits per heavy atom. The third kappa shape index (κ3) is 2.41. The van der Waals surface area contributed by atoms with Crippen LogP contribution in [0.1, 0.15) is 52.4 Å². The van der Waals surface area contributed by atoms with E-state index in [-0.39, 0.29) is 5.41 Å². The number of nitrogens with two attached hydrogens (primary N) is 2. The van der Waals surface area contributed by atoms with Gasteiger partial charge in [0, 0.05) is 5.41 Å². The van der Waals surface area contributed by atoms with E-state index in [1.54, 1.807) is 11.1 Å². The van der Waals surface area contributed by atoms with Crippen LogP contribution >= 0.6 is 0 Å². The molecule has 19 heavy (non-hydrogen) atoms. The van der Waals surface area contributed by atoms with Gasteiger partial charge in [-0.1, -0.05) is 37.1 Å². The maximum atomic E-state index is 5.93. The van der Waals surface area contributed by atoms with Crippen molar-refractivity contribution in [2.45, 2.75) is 52.4 Å². The molecule has 0 bridgehead atoms. The first-order valence-corrected chi connectivity index (χ1v) is 7.92. The molecular formula is C17H30N2. The molecule has 0 aromatic rings. The maximum Gasteiger partial charge on any atom is 0.0147 e. The Bertz CT molecular complexity index is 383. The van der Waals surface area contributed by atoms with Gasteiger partial charge in [0.15, 0.2) is 0 Å². The van der Waals surface area contributed by atoms with E-state index in [9.17, 15) is 0 Å². The van der Waals surface area contributed by atoms with Crippen LogP contribution in [0, 0.1) is 17.3 Å². The minimum atomic E-state index is 0.287. The fourth-order valence-corrected chi connectivity index (χ4v) is 4.38. The maximum absolute atomic E-state index is 5.93. The van der Waals surface area contributed by atoms with Crippen LogP contribution in [0.25, 0.3) is 0 Å². The number of hydrogen-bond acceptors (Lipinski definition) is 2. The molecule has 2 nitrogen and oxygen atoms in total. The van der Waals surface area contributed by atoms with E-state index in [0.29, 0.717) is 5.92 Å². The van der Waals surface area contributed by atoms with Crippen molar-refractivity contribution in [3.8, 4) is 0 Å². The highest BCUT2D eigenvalue weighted by molar-refractivity contribution is 5.48. The van der Waals surface area contributed by atoms with Crippen molar-refractivity contribution in [3.05, 3.63) is 23.3 Å². The zero-order chi connectivity index (χ0) is 14.0. The van der Waals surface area contributed by atoms with Crippen molar-refractivity contribution in [1.29, 1.82) is 0 Å². The van der Waals surface area contributed by atoms with Gasteiger partial charge in [0.2, 0.25) is 0 Å². The Labute approximate surface area is 118 Å². The van der Waals surface area contributed by atoms with Gasteiger partial charge in [0.1, 0.15) is 0 Å². The predicted molar refractivity (Wildman–Crippen MR) is 82.7 cm³/mol. The van der Waals surface area contributed by atoms with E-state index >= 15 is 0 Å². The van der Waals surface area contributed by atoms with Crippen molar-refractivity contribution >= 4 is 0 Å². The first kappa shape index (κ1) is 14.8. The number of hydrogen-bond donors (Lipinski definition) is 2. The molecule has 0 aromatic heterocycles. The summed E-state index contributed by atoms with van der Waals surface area (Å²) in [4.78, 5) is 0. The summed E-state index contributed by atoms with van der Waals surface area (Å²) < 4.78 is 0. The summed E-state index contributed by atoms with van der Waals surface area (Å²) in [6.07, 6.45) is 7.29. The predicted octanol–water partition coefficient (Wildman–Crippen LogP) is 3.38. The average Bonchev–Trinajstić information content (AvgIpc) is 3.17. The highest BCUT2D eigenvalue weighted by Gasteiger charge is 2.48. The highest BCUT2D eigenvalue weighted by Crippen LogP contribution is 2.60. The van der Waals surface area contributed by atoms with E-state index in [4.69, 9.17) is 11.5 Å². The molecule has 0 saturated heterocycles. The summed E-state index contributed by atoms with van der Waals surface area (Å²) in [6.45, 7) is 10.7. The summed E-state index contributed by atoms with van der Waals surface area (Å²) in [5.74, 6) is 1.26. The van der Waals surface area contributed by atoms with Gasteiger partial charge in [-0.25, -0.2) is 0 Å². The molecule has 0 radical (unpaired) electrons. The van der Waals surface area contributed by atoms with Gasteiger partial charge in [-0.3, -0.25) is 0 Å². The first-order valence-electron chi connectivity index (χ1n) is 7.92. The third-order valence-corrected chi connectivity index (χ3v) is 5.61. The smallest absolute Gasteiger partial charge is 0.0147 e. The van der Waals surface area contributed by atoms with Crippen LogP contribution < -0.4 is 11.5 Å². The molecular weight excluding hydrogens is 232 g/mol. The SMILES string of the molecule is C=C1CCC[C@H](C)C1(CC)C1=C(C(CN)CCN)C1. The topological polar surface area (TPSA) is 52.0 Å². The van der Waals surface area contributed by atoms with Gasteiger partial charge in [-0.15, -0.1) is 0 Å². The van der Waals surface area contributed by atoms with Gasteiger partial charge < -0.3 is 11.5 Å². The summed E-state index contributed by atoms with van der Waals surface area (Å²) in [5, 5.41) is 0. The Balaban J connectivity index is 2.27. The highest BCUT2D eigenvalue weighted by atomic mass is 14.6. The molecule has 4 N–H and O–H groups in total. The van der Waals surface area contributed by atoms with Crippen LogP contribution in [0.2, 0.25) is 0 Å². The van der Waals surface area contributed by atoms with E-state index in [1.807, 2.05) is 0 Å². The summed E-state index contributed by atoms with van der Waals surface area (Å²) in [5.41, 5.74) is 16.7. The quantitative estimate of drug-likeness (QED) is 0.721. The van der Waals surface area contributed by atoms with Gasteiger partial charge in [-0.2, -0.15) is 0 Å². The zero-order valence-corrected chi connectivity index (χ0v) is 12.7. The lowest BCUT2D eigenvalue weighted by molar-refractivity contribution is 0.221. The van der Waals surface area contributed by atoms with E-state index in [0.717, 1.165) is 25.4 Å². The van der Waals surface area contributed by atoms with Crippen molar-refractivity contribution in [2.24, 2.45) is 28.7 Å². The van der Waals surface area contributed by atoms with Gasteiger partial charge in [-0.05, 0) is 63.5 Å². The van der Waals surface area contributed by atoms with Crippen molar-refractivity contribution in [1.82, 2.24) is 0 Å². The lowest BCUT2D eigenvalue weighted by Gasteiger charge is -2.43. The molecule has 3 atom stereocenters. The number of rotatable bonds is 6. The molecule has 2 unspecified atom stereocenters. The normalized spacial score (nSPS) is 32.6. The molecule has 2 aliphatic rings. The molecule has 0 heterocycles. The van der Waals surface area contributed by atoms with Crippen LogP contribution in [-0.2, 0) is 0 Å². The lowest BCUT2D eigenvalue weighted by atomic mass is 9.61. The lowest BCUT2D eigenvalue weighted by Crippen LogP contribution is -2.33. The Morgan fingerprint density at radius 1 is 1.42 bits per heavy atom. The molecule has 2 aliphatic carbocycles. The van der Waals surface area contributed by atoms with Crippen LogP contribution in [0.3, 0.4) is 0 Å². The minimum absolute atomic E-state index is 0.287. The van der Waals surface area contributed by atoms with Crippen LogP contribution in [-0.4, -0.2) is 13.1 Å². The number of allylic oxidation sites excluding steroid dienone is 2. The Kier molecular flexibility index (Phi) is 4.52. The minimum Gasteiger partial charge on any atom is -0.330 e. The van der Waals surface area contributed by atoms with Gasteiger partial charge in [0.25, 0.3) is 0 Å². The van der Waals surface area contributed by atoms with Crippen molar-refractivity contribution in [3.63, 3.8) is 0 Å². The second-order valence-electron chi connectivity index (χ2n) is 6.41. The van der Waals surface area contributed by atoms with E-state index in [1.165, 1.54) is 37.7 Å². The molecule has 2 rings (SSSR count). The molecule has 1 saturated carbocycles. The van der Waals surface area contributed by atoms with Crippen molar-refractivity contribution in [2.75, 3.05) is 13.1 Å². The molecule has 2 heteroatoms. The Morgan fingerprint density at radius 3 is 2.68 bits per heavy atom. The second-order valence-corrected chi connectivity index (χ2v) is 6.41. The zero-order valence-electron chi connectivity index (χ0n) is 12.7. The van der Waals surface area contributed by atoms with E-state index < -0.39 is 0 Å². The molecule has 0 spiro atoms. The second kappa shape index (κ2) is 5.80. The summed E-state index contributed by atoms with van der Waals surface area (Å²) in [7, 11) is 0. The molecule has 0 aliphatic heterocycles. The standard InChI is InChI=1S/C17H30N2/c1-4-17(12(2)6-5-7-13(17)3)16-10-15(16)14(11-19)8-9-18/h13-14H,2,4-11,18-19H2,1,3H3/t13-,14?,17?/m0/s1. The third-order valence-electron chi connectivity index (χ3n) is 5.61. The Hall–Kier alpha value is -0.600. The fourth-order valence-electron chi connectivity index (χ4n) is 4.38. The van der Waals surface area contributed by atoms with Crippen LogP contribution in [0.15, 0.2) is 23.3 Å². The largest absolute Gasteiger partial charge is 0.330 e. The molecule has 0 aromatic carbocycles. The summed E-state index contributed by atoms with van der Waals surface area (Å²) in [6, 6.07) is 0. The van der Waals surface area contributed by atoms with Crippen LogP contribution in [0.4, 0.5) is 0 Å². The molecule has 108 valence electrons. The van der Waals surface area contributed by atoms with Gasteiger partial charge in [0.05, 0.1) is 0 Å². The molecule has 1 fully saturated rings. The van der Waals surface area contributed by atoms with Crippen molar-refractivity contribution < 1.29 is 0 Å². The van der Waals surface area contributed by atoms with Gasteiger partial charge >= 0.3 is 0 Å². The fraction of sp³-hybridized carbons (Fsp3) is 0.765. The van der Waals surface area contributed by atoms with Crippen LogP contribution in [0.5, 0.6) is 0 Å². The average molecular weight is 262 g/mol. The molecule has 0 amide bonds. The monoisotopic (exact) mass is 262 g/mol. The van der Waals surface area contributed by atoms with E-state index in [2.05, 4.69) is 20.4 Å². The first-order chi connectivity index (χ1) is 9.11. The summed E-state index contributed by atoms with van der Waals surface area (Å²) >= 11 is 0.